The van der Waals surface area contributed by atoms with Gasteiger partial charge >= 0.3 is 0 Å². The van der Waals surface area contributed by atoms with Crippen molar-refractivity contribution in [1.29, 1.82) is 5.41 Å². The average molecular weight is 432 g/mol. The van der Waals surface area contributed by atoms with Crippen molar-refractivity contribution in [2.45, 2.75) is 19.3 Å². The van der Waals surface area contributed by atoms with Crippen LogP contribution < -0.4 is 5.32 Å². The molecule has 32 heavy (non-hydrogen) atoms. The number of nitrogens with one attached hydrogen (secondary N) is 2. The first-order valence-corrected chi connectivity index (χ1v) is 10.3. The van der Waals surface area contributed by atoms with Crippen molar-refractivity contribution in [3.05, 3.63) is 126 Å². The van der Waals surface area contributed by atoms with E-state index in [2.05, 4.69) is 24.6 Å². The third-order valence-corrected chi connectivity index (χ3v) is 5.19. The lowest BCUT2D eigenvalue weighted by molar-refractivity contribution is 0.592. The number of benzene rings is 2. The van der Waals surface area contributed by atoms with Crippen LogP contribution in [0.2, 0.25) is 0 Å². The monoisotopic (exact) mass is 431 g/mol. The molecule has 2 aromatic rings. The SMILES string of the molecule is C=C(Cc1ccccc1F)N/C(=C\N(C)C(=C)C(=N)CC1=CC=CC1)c1ccccc1F. The van der Waals surface area contributed by atoms with Gasteiger partial charge in [0.2, 0.25) is 0 Å². The van der Waals surface area contributed by atoms with Gasteiger partial charge in [0.15, 0.2) is 0 Å². The van der Waals surface area contributed by atoms with Gasteiger partial charge in [0.1, 0.15) is 11.6 Å². The highest BCUT2D eigenvalue weighted by Gasteiger charge is 2.14. The summed E-state index contributed by atoms with van der Waals surface area (Å²) in [6, 6.07) is 12.9. The standard InChI is InChI=1S/C27H27F2N3/c1-19(16-22-12-6-8-14-24(22)28)31-27(23-13-7-9-15-25(23)29)18-32(3)20(2)26(30)17-21-10-4-5-11-21/h4-10,12-15,18,30-31H,1-2,11,16-17H2,3H3/b27-18-,30-26?. The van der Waals surface area contributed by atoms with Crippen LogP contribution in [0.4, 0.5) is 8.78 Å². The maximum atomic E-state index is 14.6. The minimum atomic E-state index is -0.402. The molecule has 0 aliphatic heterocycles. The van der Waals surface area contributed by atoms with Gasteiger partial charge in [-0.05, 0) is 30.2 Å². The summed E-state index contributed by atoms with van der Waals surface area (Å²) in [5, 5.41) is 11.5. The molecule has 0 aromatic heterocycles. The fraction of sp³-hybridized carbons (Fsp3) is 0.148. The van der Waals surface area contributed by atoms with E-state index in [1.54, 1.807) is 54.5 Å². The highest BCUT2D eigenvalue weighted by Crippen LogP contribution is 2.22. The van der Waals surface area contributed by atoms with E-state index in [1.165, 1.54) is 12.1 Å². The van der Waals surface area contributed by atoms with Crippen LogP contribution >= 0.6 is 0 Å². The molecule has 2 N–H and O–H groups in total. The predicted octanol–water partition coefficient (Wildman–Crippen LogP) is 6.35. The molecule has 0 spiro atoms. The highest BCUT2D eigenvalue weighted by molar-refractivity contribution is 5.98. The number of halogens is 2. The lowest BCUT2D eigenvalue weighted by Gasteiger charge is -2.22. The lowest BCUT2D eigenvalue weighted by Crippen LogP contribution is -2.21. The molecular formula is C27H27F2N3. The van der Waals surface area contributed by atoms with Gasteiger partial charge in [-0.1, -0.05) is 67.3 Å². The number of nitrogens with zero attached hydrogens (tertiary/aromatic N) is 1. The van der Waals surface area contributed by atoms with Crippen molar-refractivity contribution in [3.63, 3.8) is 0 Å². The molecule has 0 heterocycles. The van der Waals surface area contributed by atoms with Gasteiger partial charge in [-0.3, -0.25) is 0 Å². The van der Waals surface area contributed by atoms with Crippen LogP contribution in [-0.4, -0.2) is 17.7 Å². The Morgan fingerprint density at radius 1 is 1.06 bits per heavy atom. The van der Waals surface area contributed by atoms with E-state index < -0.39 is 5.82 Å². The van der Waals surface area contributed by atoms with Gasteiger partial charge < -0.3 is 15.6 Å². The average Bonchev–Trinajstić information content (AvgIpc) is 3.27. The summed E-state index contributed by atoms with van der Waals surface area (Å²) in [4.78, 5) is 1.69. The summed E-state index contributed by atoms with van der Waals surface area (Å²) in [6.45, 7) is 8.04. The molecule has 164 valence electrons. The van der Waals surface area contributed by atoms with Crippen LogP contribution in [0.25, 0.3) is 5.70 Å². The first kappa shape index (κ1) is 22.9. The van der Waals surface area contributed by atoms with Crippen molar-refractivity contribution in [3.8, 4) is 0 Å². The summed E-state index contributed by atoms with van der Waals surface area (Å²) in [5.74, 6) is -0.720. The Hall–Kier alpha value is -3.73. The smallest absolute Gasteiger partial charge is 0.132 e. The molecule has 0 atom stereocenters. The zero-order valence-electron chi connectivity index (χ0n) is 18.2. The van der Waals surface area contributed by atoms with E-state index in [9.17, 15) is 8.78 Å². The molecule has 1 aliphatic carbocycles. The van der Waals surface area contributed by atoms with E-state index in [4.69, 9.17) is 5.41 Å². The molecule has 0 unspecified atom stereocenters. The third-order valence-electron chi connectivity index (χ3n) is 5.19. The highest BCUT2D eigenvalue weighted by atomic mass is 19.1. The van der Waals surface area contributed by atoms with Crippen LogP contribution in [0.1, 0.15) is 24.0 Å². The Morgan fingerprint density at radius 2 is 1.75 bits per heavy atom. The summed E-state index contributed by atoms with van der Waals surface area (Å²) in [5.41, 5.74) is 3.85. The van der Waals surface area contributed by atoms with Crippen LogP contribution in [-0.2, 0) is 6.42 Å². The van der Waals surface area contributed by atoms with E-state index in [1.807, 2.05) is 12.2 Å². The van der Waals surface area contributed by atoms with Crippen LogP contribution in [0.15, 0.2) is 103 Å². The normalized spacial score (nSPS) is 13.0. The Kier molecular flexibility index (Phi) is 7.55. The van der Waals surface area contributed by atoms with Crippen LogP contribution in [0.5, 0.6) is 0 Å². The van der Waals surface area contributed by atoms with Gasteiger partial charge in [0, 0.05) is 37.3 Å². The van der Waals surface area contributed by atoms with Crippen molar-refractivity contribution in [1.82, 2.24) is 10.2 Å². The molecule has 0 radical (unpaired) electrons. The molecular weight excluding hydrogens is 404 g/mol. The second kappa shape index (κ2) is 10.5. The first-order chi connectivity index (χ1) is 15.3. The van der Waals surface area contributed by atoms with Gasteiger partial charge in [0.25, 0.3) is 0 Å². The van der Waals surface area contributed by atoms with E-state index >= 15 is 0 Å². The van der Waals surface area contributed by atoms with E-state index in [0.717, 1.165) is 12.0 Å². The molecule has 1 aliphatic rings. The Labute approximate surface area is 188 Å². The van der Waals surface area contributed by atoms with Crippen LogP contribution in [0.3, 0.4) is 0 Å². The molecule has 3 rings (SSSR count). The minimum absolute atomic E-state index is 0.250. The van der Waals surface area contributed by atoms with Crippen molar-refractivity contribution in [2.24, 2.45) is 0 Å². The fourth-order valence-corrected chi connectivity index (χ4v) is 3.39. The topological polar surface area (TPSA) is 39.1 Å². The Balaban J connectivity index is 1.80. The zero-order chi connectivity index (χ0) is 23.1. The van der Waals surface area contributed by atoms with Gasteiger partial charge in [-0.2, -0.15) is 0 Å². The number of allylic oxidation sites excluding steroid dienone is 6. The first-order valence-electron chi connectivity index (χ1n) is 10.3. The Bertz CT molecular complexity index is 1130. The summed E-state index contributed by atoms with van der Waals surface area (Å²) < 4.78 is 28.6. The molecule has 2 aromatic carbocycles. The molecule has 0 amide bonds. The van der Waals surface area contributed by atoms with Crippen molar-refractivity contribution >= 4 is 11.4 Å². The molecule has 0 saturated carbocycles. The summed E-state index contributed by atoms with van der Waals surface area (Å²) in [6.07, 6.45) is 9.33. The van der Waals surface area contributed by atoms with Gasteiger partial charge in [0.05, 0.1) is 17.1 Å². The third kappa shape index (κ3) is 5.91. The summed E-state index contributed by atoms with van der Waals surface area (Å²) >= 11 is 0. The number of hydrogen-bond donors (Lipinski definition) is 2. The molecule has 0 bridgehead atoms. The maximum absolute atomic E-state index is 14.6. The number of hydrogen-bond acceptors (Lipinski definition) is 3. The largest absolute Gasteiger partial charge is 0.357 e. The van der Waals surface area contributed by atoms with Gasteiger partial charge in [-0.25, -0.2) is 8.78 Å². The maximum Gasteiger partial charge on any atom is 0.132 e. The lowest BCUT2D eigenvalue weighted by atomic mass is 10.1. The van der Waals surface area contributed by atoms with Crippen molar-refractivity contribution < 1.29 is 8.78 Å². The predicted molar refractivity (Wildman–Crippen MR) is 128 cm³/mol. The molecule has 3 nitrogen and oxygen atoms in total. The van der Waals surface area contributed by atoms with Crippen LogP contribution in [0, 0.1) is 17.0 Å². The van der Waals surface area contributed by atoms with Crippen molar-refractivity contribution in [2.75, 3.05) is 7.05 Å². The molecule has 0 fully saturated rings. The molecule has 0 saturated heterocycles. The van der Waals surface area contributed by atoms with E-state index in [0.29, 0.717) is 40.4 Å². The fourth-order valence-electron chi connectivity index (χ4n) is 3.39. The Morgan fingerprint density at radius 3 is 2.41 bits per heavy atom. The van der Waals surface area contributed by atoms with Gasteiger partial charge in [-0.15, -0.1) is 0 Å². The second-order valence-corrected chi connectivity index (χ2v) is 7.69. The second-order valence-electron chi connectivity index (χ2n) is 7.69. The quantitative estimate of drug-likeness (QED) is 0.430. The molecule has 5 heteroatoms. The summed E-state index contributed by atoms with van der Waals surface area (Å²) in [7, 11) is 1.76. The number of rotatable bonds is 10. The van der Waals surface area contributed by atoms with E-state index in [-0.39, 0.29) is 12.2 Å². The zero-order valence-corrected chi connectivity index (χ0v) is 18.2. The minimum Gasteiger partial charge on any atom is -0.357 e.